The molecule has 0 unspecified atom stereocenters. The summed E-state index contributed by atoms with van der Waals surface area (Å²) in [6, 6.07) is 1.12. The molecule has 1 aromatic carbocycles. The van der Waals surface area contributed by atoms with Crippen LogP contribution < -0.4 is 5.32 Å². The normalized spacial score (nSPS) is 24.0. The lowest BCUT2D eigenvalue weighted by Crippen LogP contribution is -2.52. The standard InChI is InChI=1S/C31H38F3N5O6S/c1-5-30(6-2,29(42)43)22(40)14-39-25-21(15-45-39)38(16-31(25,33)34)13-20-23(28(41)44-7-3)24(18-9-8-10-19(32)17(18)4)37-26(36-20)27-35-11-12-46-27/h8-12,21-22,24-25,40H,5-7,13-16H2,1-4H3,(H,36,37)(H,42,43)/t21-,22+,24+,25+/m1/s1. The maximum absolute atomic E-state index is 15.8. The molecule has 3 N–H and O–H groups in total. The summed E-state index contributed by atoms with van der Waals surface area (Å²) in [6.45, 7) is 5.10. The van der Waals surface area contributed by atoms with Crippen molar-refractivity contribution < 1.29 is 42.5 Å². The van der Waals surface area contributed by atoms with Gasteiger partial charge in [-0.3, -0.25) is 19.5 Å². The maximum atomic E-state index is 15.8. The van der Waals surface area contributed by atoms with Crippen molar-refractivity contribution in [3.05, 3.63) is 63.0 Å². The van der Waals surface area contributed by atoms with E-state index in [1.165, 1.54) is 28.4 Å². The average Bonchev–Trinajstić information content (AvgIpc) is 3.74. The number of likely N-dealkylation sites (tertiary alicyclic amines) is 1. The van der Waals surface area contributed by atoms with E-state index < -0.39 is 66.4 Å². The van der Waals surface area contributed by atoms with Gasteiger partial charge in [0, 0.05) is 23.8 Å². The van der Waals surface area contributed by atoms with E-state index in [2.05, 4.69) is 10.3 Å². The number of amidine groups is 1. The van der Waals surface area contributed by atoms with Crippen LogP contribution in [0.2, 0.25) is 0 Å². The van der Waals surface area contributed by atoms with Crippen molar-refractivity contribution in [2.75, 3.05) is 32.8 Å². The van der Waals surface area contributed by atoms with Crippen LogP contribution in [0.3, 0.4) is 0 Å². The van der Waals surface area contributed by atoms with Crippen LogP contribution in [-0.4, -0.2) is 99.9 Å². The molecule has 0 radical (unpaired) electrons. The molecule has 2 aromatic rings. The number of halogens is 3. The quantitative estimate of drug-likeness (QED) is 0.288. The molecule has 3 aliphatic rings. The first-order valence-corrected chi connectivity index (χ1v) is 16.1. The molecule has 0 amide bonds. The number of hydrogen-bond donors (Lipinski definition) is 3. The minimum atomic E-state index is -3.31. The molecule has 0 spiro atoms. The molecule has 11 nitrogen and oxygen atoms in total. The number of hydroxylamine groups is 2. The number of rotatable bonds is 12. The molecule has 250 valence electrons. The number of aliphatic hydroxyl groups excluding tert-OH is 1. The zero-order chi connectivity index (χ0) is 33.4. The number of ether oxygens (including phenoxy) is 1. The van der Waals surface area contributed by atoms with Crippen molar-refractivity contribution in [1.29, 1.82) is 0 Å². The fourth-order valence-corrected chi connectivity index (χ4v) is 7.22. The number of nitrogens with zero attached hydrogens (tertiary/aromatic N) is 4. The number of nitrogens with one attached hydrogen (secondary N) is 1. The van der Waals surface area contributed by atoms with Gasteiger partial charge < -0.3 is 20.3 Å². The lowest BCUT2D eigenvalue weighted by molar-refractivity contribution is -0.205. The second-order valence-electron chi connectivity index (χ2n) is 11.7. The lowest BCUT2D eigenvalue weighted by atomic mass is 9.77. The summed E-state index contributed by atoms with van der Waals surface area (Å²) in [7, 11) is 0. The van der Waals surface area contributed by atoms with Crippen LogP contribution in [0.1, 0.15) is 55.8 Å². The van der Waals surface area contributed by atoms with Gasteiger partial charge in [-0.15, -0.1) is 11.3 Å². The number of thiazole rings is 1. The molecule has 4 heterocycles. The molecule has 3 aliphatic heterocycles. The minimum Gasteiger partial charge on any atom is -0.481 e. The van der Waals surface area contributed by atoms with E-state index in [0.717, 1.165) is 5.06 Å². The number of fused-ring (bicyclic) bond motifs is 1. The zero-order valence-electron chi connectivity index (χ0n) is 26.0. The monoisotopic (exact) mass is 665 g/mol. The number of carboxylic acid groups (broad SMARTS) is 1. The Morgan fingerprint density at radius 3 is 2.65 bits per heavy atom. The van der Waals surface area contributed by atoms with Gasteiger partial charge in [-0.25, -0.2) is 22.9 Å². The van der Waals surface area contributed by atoms with Crippen LogP contribution in [-0.2, 0) is 19.2 Å². The van der Waals surface area contributed by atoms with Gasteiger partial charge in [0.05, 0.1) is 49.4 Å². The van der Waals surface area contributed by atoms with Crippen molar-refractivity contribution in [1.82, 2.24) is 20.3 Å². The van der Waals surface area contributed by atoms with Crippen LogP contribution in [0, 0.1) is 18.2 Å². The Labute approximate surface area is 268 Å². The molecule has 0 saturated carbocycles. The fraction of sp³-hybridized carbons (Fsp3) is 0.548. The van der Waals surface area contributed by atoms with Crippen molar-refractivity contribution >= 4 is 29.1 Å². The smallest absolute Gasteiger partial charge is 0.338 e. The Balaban J connectivity index is 1.50. The third kappa shape index (κ3) is 6.06. The van der Waals surface area contributed by atoms with Gasteiger partial charge in [0.2, 0.25) is 0 Å². The Hall–Kier alpha value is -3.37. The number of aromatic nitrogens is 1. The largest absolute Gasteiger partial charge is 0.481 e. The first-order chi connectivity index (χ1) is 21.9. The molecule has 2 saturated heterocycles. The van der Waals surface area contributed by atoms with Gasteiger partial charge in [0.25, 0.3) is 5.92 Å². The number of hydrogen-bond acceptors (Lipinski definition) is 11. The number of aliphatic carboxylic acids is 1. The molecule has 5 rings (SSSR count). The van der Waals surface area contributed by atoms with Crippen LogP contribution in [0.4, 0.5) is 13.2 Å². The molecule has 1 aromatic heterocycles. The topological polar surface area (TPSA) is 137 Å². The van der Waals surface area contributed by atoms with E-state index in [9.17, 15) is 24.2 Å². The second kappa shape index (κ2) is 13.4. The summed E-state index contributed by atoms with van der Waals surface area (Å²) in [5.74, 6) is -5.43. The number of aliphatic imine (C=N–C) groups is 1. The summed E-state index contributed by atoms with van der Waals surface area (Å²) in [6.07, 6.45) is 0.331. The highest BCUT2D eigenvalue weighted by Gasteiger charge is 2.61. The zero-order valence-corrected chi connectivity index (χ0v) is 26.8. The highest BCUT2D eigenvalue weighted by Crippen LogP contribution is 2.43. The number of benzene rings is 1. The summed E-state index contributed by atoms with van der Waals surface area (Å²) in [5.41, 5.74) is -0.509. The van der Waals surface area contributed by atoms with Crippen LogP contribution >= 0.6 is 11.3 Å². The van der Waals surface area contributed by atoms with E-state index in [0.29, 0.717) is 16.4 Å². The highest BCUT2D eigenvalue weighted by molar-refractivity contribution is 7.11. The summed E-state index contributed by atoms with van der Waals surface area (Å²) >= 11 is 1.28. The Morgan fingerprint density at radius 2 is 2.02 bits per heavy atom. The van der Waals surface area contributed by atoms with Gasteiger partial charge >= 0.3 is 11.9 Å². The molecule has 0 aliphatic carbocycles. The summed E-state index contributed by atoms with van der Waals surface area (Å²) < 4.78 is 51.7. The third-order valence-corrected chi connectivity index (χ3v) is 10.1. The number of aliphatic hydroxyl groups is 1. The van der Waals surface area contributed by atoms with Crippen LogP contribution in [0.25, 0.3) is 0 Å². The summed E-state index contributed by atoms with van der Waals surface area (Å²) in [4.78, 5) is 41.8. The Kier molecular flexibility index (Phi) is 9.89. The van der Waals surface area contributed by atoms with E-state index in [-0.39, 0.29) is 49.4 Å². The van der Waals surface area contributed by atoms with Gasteiger partial charge in [0.15, 0.2) is 10.8 Å². The predicted molar refractivity (Wildman–Crippen MR) is 163 cm³/mol. The maximum Gasteiger partial charge on any atom is 0.338 e. The van der Waals surface area contributed by atoms with Crippen molar-refractivity contribution in [2.24, 2.45) is 10.4 Å². The number of alkyl halides is 2. The lowest BCUT2D eigenvalue weighted by Gasteiger charge is -2.36. The number of esters is 1. The molecule has 4 atom stereocenters. The van der Waals surface area contributed by atoms with Crippen LogP contribution in [0.5, 0.6) is 0 Å². The number of β-amino-alcohol motifs (C(OH)–C–C–N with tert-alkyl or cyclic N) is 1. The van der Waals surface area contributed by atoms with Crippen molar-refractivity contribution in [3.63, 3.8) is 0 Å². The average molecular weight is 666 g/mol. The van der Waals surface area contributed by atoms with Gasteiger partial charge in [0.1, 0.15) is 17.9 Å². The second-order valence-corrected chi connectivity index (χ2v) is 12.6. The third-order valence-electron chi connectivity index (χ3n) is 9.30. The first-order valence-electron chi connectivity index (χ1n) is 15.2. The predicted octanol–water partition coefficient (Wildman–Crippen LogP) is 3.69. The van der Waals surface area contributed by atoms with Crippen LogP contribution in [0.15, 0.2) is 46.0 Å². The molecular weight excluding hydrogens is 627 g/mol. The van der Waals surface area contributed by atoms with Gasteiger partial charge in [-0.1, -0.05) is 26.0 Å². The van der Waals surface area contributed by atoms with Crippen molar-refractivity contribution in [3.8, 4) is 0 Å². The SMILES string of the molecule is CCOC(=O)C1=C(CN2CC(F)(F)[C@@H]3[C@H]2CON3C[C@H](O)C(CC)(CC)C(=O)O)NC(c2nccs2)=N[C@H]1c1cccc(F)c1C. The van der Waals surface area contributed by atoms with Crippen molar-refractivity contribution in [2.45, 2.75) is 70.7 Å². The first kappa shape index (κ1) is 34.0. The van der Waals surface area contributed by atoms with E-state index in [4.69, 9.17) is 14.6 Å². The molecule has 15 heteroatoms. The van der Waals surface area contributed by atoms with E-state index in [1.807, 2.05) is 0 Å². The minimum absolute atomic E-state index is 0.0402. The number of carboxylic acids is 1. The number of carbonyl (C=O) groups is 2. The molecule has 46 heavy (non-hydrogen) atoms. The highest BCUT2D eigenvalue weighted by atomic mass is 32.1. The Morgan fingerprint density at radius 1 is 1.28 bits per heavy atom. The molecule has 0 bridgehead atoms. The van der Waals surface area contributed by atoms with Gasteiger partial charge in [-0.05, 0) is 43.9 Å². The van der Waals surface area contributed by atoms with E-state index in [1.54, 1.807) is 45.3 Å². The fourth-order valence-electron chi connectivity index (χ4n) is 6.63. The van der Waals surface area contributed by atoms with E-state index >= 15 is 8.78 Å². The van der Waals surface area contributed by atoms with Gasteiger partial charge in [-0.2, -0.15) is 5.06 Å². The summed E-state index contributed by atoms with van der Waals surface area (Å²) in [5, 5.41) is 27.2. The Bertz CT molecular complexity index is 1520. The molecular formula is C31H38F3N5O6S. The molecule has 2 fully saturated rings. The number of carbonyl (C=O) groups excluding carboxylic acids is 1.